The van der Waals surface area contributed by atoms with Crippen molar-refractivity contribution in [2.75, 3.05) is 7.11 Å². The molecule has 0 aromatic heterocycles. The Morgan fingerprint density at radius 1 is 1.57 bits per heavy atom. The number of terminal acetylenes is 1. The summed E-state index contributed by atoms with van der Waals surface area (Å²) in [7, 11) is 1.61. The molecule has 0 fully saturated rings. The Kier molecular flexibility index (Phi) is 3.36. The molecule has 0 heterocycles. The first-order valence-corrected chi connectivity index (χ1v) is 4.34. The van der Waals surface area contributed by atoms with Crippen molar-refractivity contribution in [2.24, 2.45) is 0 Å². The number of benzene rings is 1. The van der Waals surface area contributed by atoms with Gasteiger partial charge in [0, 0.05) is 5.92 Å². The monoisotopic (exact) mass is 185 g/mol. The van der Waals surface area contributed by atoms with Crippen molar-refractivity contribution in [2.45, 2.75) is 6.92 Å². The third kappa shape index (κ3) is 1.80. The van der Waals surface area contributed by atoms with Crippen LogP contribution < -0.4 is 4.74 Å². The van der Waals surface area contributed by atoms with E-state index in [0.717, 1.165) is 22.8 Å². The summed E-state index contributed by atoms with van der Waals surface area (Å²) in [5.74, 6) is 4.42. The van der Waals surface area contributed by atoms with Crippen LogP contribution in [0.5, 0.6) is 5.75 Å². The van der Waals surface area contributed by atoms with E-state index in [-0.39, 0.29) is 0 Å². The topological polar surface area (TPSA) is 9.23 Å². The molecule has 1 heteroatoms. The highest BCUT2D eigenvalue weighted by Gasteiger charge is 2.10. The van der Waals surface area contributed by atoms with E-state index in [9.17, 15) is 0 Å². The van der Waals surface area contributed by atoms with Crippen LogP contribution in [-0.2, 0) is 0 Å². The summed E-state index contributed by atoms with van der Waals surface area (Å²) in [5, 5.41) is 0. The Morgan fingerprint density at radius 2 is 2.29 bits per heavy atom. The summed E-state index contributed by atoms with van der Waals surface area (Å²) in [6.45, 7) is 5.70. The smallest absolute Gasteiger partial charge is 0.134 e. The second-order valence-corrected chi connectivity index (χ2v) is 2.91. The number of rotatable bonds is 3. The first kappa shape index (κ1) is 10.4. The van der Waals surface area contributed by atoms with E-state index in [4.69, 9.17) is 11.2 Å². The van der Waals surface area contributed by atoms with E-state index >= 15 is 0 Å². The zero-order chi connectivity index (χ0) is 10.6. The van der Waals surface area contributed by atoms with E-state index in [0.29, 0.717) is 0 Å². The van der Waals surface area contributed by atoms with E-state index in [1.165, 1.54) is 0 Å². The molecule has 1 aromatic carbocycles. The molecule has 0 spiro atoms. The Bertz CT molecular complexity index is 371. The minimum absolute atomic E-state index is 0.728. The van der Waals surface area contributed by atoms with Gasteiger partial charge in [0.15, 0.2) is 0 Å². The lowest BCUT2D eigenvalue weighted by molar-refractivity contribution is 0.413. The molecule has 1 radical (unpaired) electrons. The molecule has 71 valence electrons. The minimum Gasteiger partial charge on any atom is -0.495 e. The van der Waals surface area contributed by atoms with Crippen molar-refractivity contribution in [3.05, 3.63) is 47.9 Å². The second kappa shape index (κ2) is 4.53. The van der Waals surface area contributed by atoms with Crippen molar-refractivity contribution in [3.63, 3.8) is 0 Å². The fraction of sp³-hybridized carbons (Fsp3) is 0.154. The van der Waals surface area contributed by atoms with Crippen LogP contribution in [0.3, 0.4) is 0 Å². The molecule has 0 aliphatic rings. The lowest BCUT2D eigenvalue weighted by Gasteiger charge is -2.11. The van der Waals surface area contributed by atoms with Crippen LogP contribution in [0.1, 0.15) is 18.1 Å². The number of methoxy groups -OCH3 is 1. The maximum Gasteiger partial charge on any atom is 0.134 e. The lowest BCUT2D eigenvalue weighted by Crippen LogP contribution is -1.97. The van der Waals surface area contributed by atoms with Crippen LogP contribution in [0.25, 0.3) is 0 Å². The predicted octanol–water partition coefficient (Wildman–Crippen LogP) is 2.80. The van der Waals surface area contributed by atoms with E-state index in [1.807, 2.05) is 25.1 Å². The summed E-state index contributed by atoms with van der Waals surface area (Å²) in [6.07, 6.45) is 7.23. The standard InChI is InChI=1S/C13H13O/c1-5-10(3)12-8-7-9-13(14-4)11(12)6-2/h2,5,7-9H,1H2,3-4H3. The Morgan fingerprint density at radius 3 is 2.79 bits per heavy atom. The molecule has 0 aliphatic heterocycles. The lowest BCUT2D eigenvalue weighted by atomic mass is 9.95. The zero-order valence-corrected chi connectivity index (χ0v) is 8.50. The molecule has 0 amide bonds. The molecular weight excluding hydrogens is 172 g/mol. The van der Waals surface area contributed by atoms with Gasteiger partial charge in [-0.15, -0.1) is 13.0 Å². The fourth-order valence-electron chi connectivity index (χ4n) is 1.29. The molecule has 1 aromatic rings. The molecule has 0 unspecified atom stereocenters. The highest BCUT2D eigenvalue weighted by atomic mass is 16.5. The molecule has 0 aliphatic carbocycles. The summed E-state index contributed by atoms with van der Waals surface area (Å²) < 4.78 is 5.18. The average molecular weight is 185 g/mol. The number of hydrogen-bond donors (Lipinski definition) is 0. The fourth-order valence-corrected chi connectivity index (χ4v) is 1.29. The largest absolute Gasteiger partial charge is 0.495 e. The molecule has 0 saturated carbocycles. The molecule has 0 N–H and O–H groups in total. The normalized spacial score (nSPS) is 9.57. The number of hydrogen-bond acceptors (Lipinski definition) is 1. The number of ether oxygens (including phenoxy) is 1. The molecule has 1 nitrogen and oxygen atoms in total. The van der Waals surface area contributed by atoms with Gasteiger partial charge in [-0.05, 0) is 11.6 Å². The maximum atomic E-state index is 5.44. The Labute approximate surface area is 85.4 Å². The van der Waals surface area contributed by atoms with Crippen LogP contribution in [0.2, 0.25) is 0 Å². The van der Waals surface area contributed by atoms with Crippen LogP contribution in [0, 0.1) is 18.3 Å². The van der Waals surface area contributed by atoms with Crippen LogP contribution in [0.15, 0.2) is 30.9 Å². The quantitative estimate of drug-likeness (QED) is 0.658. The highest BCUT2D eigenvalue weighted by Crippen LogP contribution is 2.26. The second-order valence-electron chi connectivity index (χ2n) is 2.91. The highest BCUT2D eigenvalue weighted by molar-refractivity contribution is 5.56. The van der Waals surface area contributed by atoms with Gasteiger partial charge in [0.05, 0.1) is 12.7 Å². The maximum absolute atomic E-state index is 5.44. The van der Waals surface area contributed by atoms with Gasteiger partial charge < -0.3 is 4.74 Å². The average Bonchev–Trinajstić information content (AvgIpc) is 2.26. The molecule has 0 saturated heterocycles. The van der Waals surface area contributed by atoms with Gasteiger partial charge >= 0.3 is 0 Å². The van der Waals surface area contributed by atoms with Crippen molar-refractivity contribution >= 4 is 0 Å². The summed E-state index contributed by atoms with van der Waals surface area (Å²) >= 11 is 0. The van der Waals surface area contributed by atoms with Crippen LogP contribution in [-0.4, -0.2) is 7.11 Å². The summed E-state index contributed by atoms with van der Waals surface area (Å²) in [4.78, 5) is 0. The van der Waals surface area contributed by atoms with Gasteiger partial charge in [-0.3, -0.25) is 0 Å². The Hall–Kier alpha value is -1.68. The summed E-state index contributed by atoms with van der Waals surface area (Å²) in [5.41, 5.74) is 1.79. The van der Waals surface area contributed by atoms with E-state index in [1.54, 1.807) is 13.2 Å². The van der Waals surface area contributed by atoms with Crippen molar-refractivity contribution in [1.29, 1.82) is 0 Å². The van der Waals surface area contributed by atoms with Crippen molar-refractivity contribution in [3.8, 4) is 18.1 Å². The number of allylic oxidation sites excluding steroid dienone is 1. The van der Waals surface area contributed by atoms with Gasteiger partial charge in [-0.25, -0.2) is 0 Å². The Balaban J connectivity index is 3.30. The van der Waals surface area contributed by atoms with E-state index < -0.39 is 0 Å². The first-order chi connectivity index (χ1) is 6.74. The van der Waals surface area contributed by atoms with Crippen molar-refractivity contribution < 1.29 is 4.74 Å². The first-order valence-electron chi connectivity index (χ1n) is 4.34. The molecule has 0 bridgehead atoms. The van der Waals surface area contributed by atoms with Gasteiger partial charge in [0.25, 0.3) is 0 Å². The SMILES string of the molecule is C#Cc1c(OC)cccc1[C](C)C=C. The van der Waals surface area contributed by atoms with E-state index in [2.05, 4.69) is 12.5 Å². The van der Waals surface area contributed by atoms with Crippen molar-refractivity contribution in [1.82, 2.24) is 0 Å². The zero-order valence-electron chi connectivity index (χ0n) is 8.50. The minimum atomic E-state index is 0.728. The van der Waals surface area contributed by atoms with Gasteiger partial charge in [-0.1, -0.05) is 31.1 Å². The molecule has 0 atom stereocenters. The summed E-state index contributed by atoms with van der Waals surface area (Å²) in [6, 6.07) is 5.74. The third-order valence-electron chi connectivity index (χ3n) is 2.12. The third-order valence-corrected chi connectivity index (χ3v) is 2.12. The van der Waals surface area contributed by atoms with Crippen LogP contribution in [0.4, 0.5) is 0 Å². The molecular formula is C13H13O. The predicted molar refractivity (Wildman–Crippen MR) is 59.1 cm³/mol. The molecule has 14 heavy (non-hydrogen) atoms. The van der Waals surface area contributed by atoms with Gasteiger partial charge in [0.2, 0.25) is 0 Å². The van der Waals surface area contributed by atoms with Gasteiger partial charge in [0.1, 0.15) is 5.75 Å². The molecule has 1 rings (SSSR count). The van der Waals surface area contributed by atoms with Gasteiger partial charge in [-0.2, -0.15) is 0 Å². The van der Waals surface area contributed by atoms with Crippen LogP contribution >= 0.6 is 0 Å².